The van der Waals surface area contributed by atoms with E-state index >= 15 is 0 Å². The summed E-state index contributed by atoms with van der Waals surface area (Å²) in [4.78, 5) is 4.70. The number of nitrogens with zero attached hydrogens (tertiary/aromatic N) is 2. The molecule has 0 amide bonds. The lowest BCUT2D eigenvalue weighted by Crippen LogP contribution is -2.44. The summed E-state index contributed by atoms with van der Waals surface area (Å²) in [7, 11) is 0. The Bertz CT molecular complexity index is 663. The van der Waals surface area contributed by atoms with E-state index in [1.54, 1.807) is 24.3 Å². The van der Waals surface area contributed by atoms with Gasteiger partial charge in [-0.05, 0) is 37.1 Å². The molecule has 0 spiro atoms. The molecular formula is C17H18N2O2. The van der Waals surface area contributed by atoms with Crippen molar-refractivity contribution in [3.8, 4) is 5.75 Å². The largest absolute Gasteiger partial charge is 0.508 e. The fourth-order valence-corrected chi connectivity index (χ4v) is 2.64. The van der Waals surface area contributed by atoms with Gasteiger partial charge in [0.25, 0.3) is 0 Å². The van der Waals surface area contributed by atoms with Crippen LogP contribution in [0.3, 0.4) is 0 Å². The van der Waals surface area contributed by atoms with Gasteiger partial charge in [0.15, 0.2) is 6.17 Å². The minimum Gasteiger partial charge on any atom is -0.508 e. The highest BCUT2D eigenvalue weighted by Crippen LogP contribution is 2.37. The molecule has 1 unspecified atom stereocenters. The van der Waals surface area contributed by atoms with Crippen molar-refractivity contribution in [3.63, 3.8) is 0 Å². The molecule has 108 valence electrons. The number of aromatic hydroxyl groups is 1. The average Bonchev–Trinajstić information content (AvgIpc) is 2.72. The molecule has 2 aromatic carbocycles. The number of rotatable bonds is 2. The molecule has 0 aromatic heterocycles. The van der Waals surface area contributed by atoms with Crippen molar-refractivity contribution in [1.82, 2.24) is 5.06 Å². The van der Waals surface area contributed by atoms with Crippen molar-refractivity contribution in [2.75, 3.05) is 0 Å². The van der Waals surface area contributed by atoms with Gasteiger partial charge in [0.05, 0.1) is 11.3 Å². The van der Waals surface area contributed by atoms with Crippen LogP contribution in [0.1, 0.15) is 31.1 Å². The molecular weight excluding hydrogens is 264 g/mol. The van der Waals surface area contributed by atoms with E-state index in [4.69, 9.17) is 4.99 Å². The maximum Gasteiger partial charge on any atom is 0.151 e. The maximum atomic E-state index is 10.5. The van der Waals surface area contributed by atoms with Gasteiger partial charge in [-0.2, -0.15) is 5.06 Å². The molecule has 1 atom stereocenters. The van der Waals surface area contributed by atoms with Gasteiger partial charge in [-0.25, -0.2) is 0 Å². The van der Waals surface area contributed by atoms with Gasteiger partial charge in [0.1, 0.15) is 5.75 Å². The SMILES string of the molecule is CC1(C)C(c2ccccc2)=NC(c2ccc(O)cc2)N1O. The highest BCUT2D eigenvalue weighted by atomic mass is 16.5. The van der Waals surface area contributed by atoms with Crippen LogP contribution in [-0.2, 0) is 0 Å². The molecule has 0 saturated heterocycles. The molecule has 21 heavy (non-hydrogen) atoms. The van der Waals surface area contributed by atoms with Crippen molar-refractivity contribution in [2.45, 2.75) is 25.6 Å². The Morgan fingerprint density at radius 3 is 2.24 bits per heavy atom. The summed E-state index contributed by atoms with van der Waals surface area (Å²) in [6.07, 6.45) is -0.462. The molecule has 1 heterocycles. The first kappa shape index (κ1) is 13.8. The normalized spacial score (nSPS) is 21.3. The molecule has 2 N–H and O–H groups in total. The Morgan fingerprint density at radius 2 is 1.62 bits per heavy atom. The maximum absolute atomic E-state index is 10.5. The van der Waals surface area contributed by atoms with Gasteiger partial charge < -0.3 is 10.3 Å². The van der Waals surface area contributed by atoms with E-state index in [2.05, 4.69) is 0 Å². The molecule has 4 nitrogen and oxygen atoms in total. The molecule has 0 bridgehead atoms. The summed E-state index contributed by atoms with van der Waals surface area (Å²) < 4.78 is 0. The summed E-state index contributed by atoms with van der Waals surface area (Å²) >= 11 is 0. The highest BCUT2D eigenvalue weighted by molar-refractivity contribution is 6.07. The van der Waals surface area contributed by atoms with Crippen molar-refractivity contribution in [3.05, 3.63) is 65.7 Å². The van der Waals surface area contributed by atoms with Gasteiger partial charge in [0.2, 0.25) is 0 Å². The third-order valence-corrected chi connectivity index (χ3v) is 3.87. The summed E-state index contributed by atoms with van der Waals surface area (Å²) in [6.45, 7) is 3.89. The van der Waals surface area contributed by atoms with Crippen LogP contribution in [0.15, 0.2) is 59.6 Å². The fraction of sp³-hybridized carbons (Fsp3) is 0.235. The van der Waals surface area contributed by atoms with Crippen LogP contribution in [0.4, 0.5) is 0 Å². The number of benzene rings is 2. The first-order chi connectivity index (χ1) is 10.00. The lowest BCUT2D eigenvalue weighted by Gasteiger charge is -2.30. The number of phenolic OH excluding ortho intramolecular Hbond substituents is 1. The first-order valence-electron chi connectivity index (χ1n) is 6.91. The molecule has 1 aliphatic heterocycles. The molecule has 0 aliphatic carbocycles. The number of hydroxylamine groups is 2. The third kappa shape index (κ3) is 2.33. The smallest absolute Gasteiger partial charge is 0.151 e. The number of hydrogen-bond acceptors (Lipinski definition) is 4. The second kappa shape index (κ2) is 4.98. The van der Waals surface area contributed by atoms with Crippen molar-refractivity contribution in [1.29, 1.82) is 0 Å². The van der Waals surface area contributed by atoms with E-state index in [1.807, 2.05) is 44.2 Å². The van der Waals surface area contributed by atoms with Gasteiger partial charge in [-0.15, -0.1) is 0 Å². The molecule has 1 aliphatic rings. The Balaban J connectivity index is 2.04. The Hall–Kier alpha value is -2.17. The summed E-state index contributed by atoms with van der Waals surface area (Å²) in [5, 5.41) is 21.2. The third-order valence-electron chi connectivity index (χ3n) is 3.87. The van der Waals surface area contributed by atoms with Crippen LogP contribution >= 0.6 is 0 Å². The van der Waals surface area contributed by atoms with E-state index in [1.165, 1.54) is 5.06 Å². The summed E-state index contributed by atoms with van der Waals surface area (Å²) in [5.74, 6) is 0.202. The van der Waals surface area contributed by atoms with Crippen LogP contribution in [-0.4, -0.2) is 26.6 Å². The molecule has 0 fully saturated rings. The summed E-state index contributed by atoms with van der Waals surface area (Å²) in [6, 6.07) is 16.6. The average molecular weight is 282 g/mol. The highest BCUT2D eigenvalue weighted by Gasteiger charge is 2.43. The second-order valence-corrected chi connectivity index (χ2v) is 5.71. The van der Waals surface area contributed by atoms with Crippen LogP contribution in [0.2, 0.25) is 0 Å². The van der Waals surface area contributed by atoms with Gasteiger partial charge in [0, 0.05) is 0 Å². The molecule has 3 rings (SSSR count). The molecule has 4 heteroatoms. The summed E-state index contributed by atoms with van der Waals surface area (Å²) in [5.41, 5.74) is 2.12. The Labute approximate surface area is 124 Å². The van der Waals surface area contributed by atoms with E-state index in [9.17, 15) is 10.3 Å². The van der Waals surface area contributed by atoms with Crippen molar-refractivity contribution < 1.29 is 10.3 Å². The molecule has 2 aromatic rings. The minimum absolute atomic E-state index is 0.202. The van der Waals surface area contributed by atoms with E-state index in [0.717, 1.165) is 16.8 Å². The van der Waals surface area contributed by atoms with Crippen molar-refractivity contribution in [2.24, 2.45) is 4.99 Å². The second-order valence-electron chi connectivity index (χ2n) is 5.71. The van der Waals surface area contributed by atoms with E-state index in [0.29, 0.717) is 0 Å². The minimum atomic E-state index is -0.579. The van der Waals surface area contributed by atoms with Crippen molar-refractivity contribution >= 4 is 5.71 Å². The molecule has 0 saturated carbocycles. The van der Waals surface area contributed by atoms with Crippen LogP contribution in [0.5, 0.6) is 5.75 Å². The zero-order valence-corrected chi connectivity index (χ0v) is 12.1. The Kier molecular flexibility index (Phi) is 3.27. The molecule has 0 radical (unpaired) electrons. The van der Waals surface area contributed by atoms with Crippen LogP contribution < -0.4 is 0 Å². The van der Waals surface area contributed by atoms with Gasteiger partial charge in [-0.3, -0.25) is 4.99 Å². The predicted octanol–water partition coefficient (Wildman–Crippen LogP) is 3.36. The zero-order chi connectivity index (χ0) is 15.0. The fourth-order valence-electron chi connectivity index (χ4n) is 2.64. The zero-order valence-electron chi connectivity index (χ0n) is 12.1. The van der Waals surface area contributed by atoms with Gasteiger partial charge >= 0.3 is 0 Å². The number of hydrogen-bond donors (Lipinski definition) is 2. The monoisotopic (exact) mass is 282 g/mol. The van der Waals surface area contributed by atoms with Crippen LogP contribution in [0.25, 0.3) is 0 Å². The van der Waals surface area contributed by atoms with E-state index < -0.39 is 11.7 Å². The first-order valence-corrected chi connectivity index (χ1v) is 6.91. The standard InChI is InChI=1S/C17H18N2O2/c1-17(2)15(12-6-4-3-5-7-12)18-16(19(17)21)13-8-10-14(20)11-9-13/h3-11,16,20-21H,1-2H3. The van der Waals surface area contributed by atoms with Gasteiger partial charge in [-0.1, -0.05) is 42.5 Å². The quantitative estimate of drug-likeness (QED) is 0.888. The topological polar surface area (TPSA) is 56.1 Å². The lowest BCUT2D eigenvalue weighted by molar-refractivity contribution is -0.159. The number of phenols is 1. The number of aliphatic imine (C=N–C) groups is 1. The predicted molar refractivity (Wildman–Crippen MR) is 81.5 cm³/mol. The van der Waals surface area contributed by atoms with E-state index in [-0.39, 0.29) is 5.75 Å². The van der Waals surface area contributed by atoms with Crippen LogP contribution in [0, 0.1) is 0 Å². The lowest BCUT2D eigenvalue weighted by atomic mass is 9.93. The Morgan fingerprint density at radius 1 is 1.00 bits per heavy atom.